The maximum atomic E-state index is 6.56. The van der Waals surface area contributed by atoms with Crippen molar-refractivity contribution in [1.29, 1.82) is 0 Å². The van der Waals surface area contributed by atoms with Gasteiger partial charge in [-0.3, -0.25) is 0 Å². The third-order valence-electron chi connectivity index (χ3n) is 11.5. The molecule has 55 heavy (non-hydrogen) atoms. The van der Waals surface area contributed by atoms with Crippen molar-refractivity contribution in [3.8, 4) is 5.69 Å². The third kappa shape index (κ3) is 4.44. The second-order valence-corrected chi connectivity index (χ2v) is 14.5. The first-order valence-corrected chi connectivity index (χ1v) is 18.8. The molecule has 0 aliphatic rings. The normalized spacial score (nSPS) is 12.0. The van der Waals surface area contributed by atoms with E-state index in [4.69, 9.17) is 4.42 Å². The fourth-order valence-electron chi connectivity index (χ4n) is 9.05. The zero-order valence-corrected chi connectivity index (χ0v) is 29.8. The maximum absolute atomic E-state index is 6.56. The van der Waals surface area contributed by atoms with Gasteiger partial charge in [0, 0.05) is 49.4 Å². The molecule has 2 aromatic heterocycles. The van der Waals surface area contributed by atoms with Crippen molar-refractivity contribution in [2.45, 2.75) is 0 Å². The van der Waals surface area contributed by atoms with Crippen molar-refractivity contribution >= 4 is 104 Å². The Morgan fingerprint density at radius 2 is 0.927 bits per heavy atom. The molecule has 3 nitrogen and oxygen atoms in total. The molecule has 0 aliphatic heterocycles. The van der Waals surface area contributed by atoms with Gasteiger partial charge in [-0.15, -0.1) is 0 Å². The van der Waals surface area contributed by atoms with Gasteiger partial charge in [-0.05, 0) is 99.0 Å². The first-order valence-electron chi connectivity index (χ1n) is 18.8. The molecule has 3 heteroatoms. The van der Waals surface area contributed by atoms with Crippen molar-refractivity contribution in [3.05, 3.63) is 194 Å². The van der Waals surface area contributed by atoms with Gasteiger partial charge in [-0.25, -0.2) is 0 Å². The van der Waals surface area contributed by atoms with Crippen LogP contribution in [0.2, 0.25) is 0 Å². The molecule has 0 aliphatic carbocycles. The smallest absolute Gasteiger partial charge is 0.143 e. The van der Waals surface area contributed by atoms with E-state index in [9.17, 15) is 0 Å². The van der Waals surface area contributed by atoms with Gasteiger partial charge in [0.25, 0.3) is 0 Å². The van der Waals surface area contributed by atoms with Crippen LogP contribution in [-0.4, -0.2) is 4.57 Å². The van der Waals surface area contributed by atoms with Crippen LogP contribution in [0, 0.1) is 0 Å². The predicted octanol–water partition coefficient (Wildman–Crippen LogP) is 14.8. The number of rotatable bonds is 4. The van der Waals surface area contributed by atoms with Gasteiger partial charge in [0.05, 0.1) is 16.7 Å². The summed E-state index contributed by atoms with van der Waals surface area (Å²) < 4.78 is 8.94. The van der Waals surface area contributed by atoms with Crippen LogP contribution in [-0.2, 0) is 0 Å². The van der Waals surface area contributed by atoms with Gasteiger partial charge in [0.2, 0.25) is 0 Å². The monoisotopic (exact) mass is 700 g/mol. The Morgan fingerprint density at radius 3 is 1.71 bits per heavy atom. The summed E-state index contributed by atoms with van der Waals surface area (Å²) in [6, 6.07) is 70.4. The molecule has 0 saturated heterocycles. The van der Waals surface area contributed by atoms with E-state index in [-0.39, 0.29) is 0 Å². The van der Waals surface area contributed by atoms with E-state index in [0.717, 1.165) is 55.5 Å². The fraction of sp³-hybridized carbons (Fsp3) is 0. The lowest BCUT2D eigenvalue weighted by Crippen LogP contribution is -2.11. The van der Waals surface area contributed by atoms with Gasteiger partial charge in [-0.2, -0.15) is 0 Å². The molecule has 0 spiro atoms. The van der Waals surface area contributed by atoms with Crippen molar-refractivity contribution < 1.29 is 4.42 Å². The van der Waals surface area contributed by atoms with Crippen LogP contribution < -0.4 is 4.90 Å². The average Bonchev–Trinajstić information content (AvgIpc) is 3.80. The Hall–Kier alpha value is -7.36. The van der Waals surface area contributed by atoms with E-state index in [1.54, 1.807) is 0 Å². The minimum Gasteiger partial charge on any atom is -0.455 e. The molecule has 0 amide bonds. The summed E-state index contributed by atoms with van der Waals surface area (Å²) in [4.78, 5) is 2.43. The van der Waals surface area contributed by atoms with Crippen molar-refractivity contribution in [3.63, 3.8) is 0 Å². The second-order valence-electron chi connectivity index (χ2n) is 14.5. The molecule has 0 fully saturated rings. The largest absolute Gasteiger partial charge is 0.455 e. The van der Waals surface area contributed by atoms with Gasteiger partial charge in [0.1, 0.15) is 11.2 Å². The topological polar surface area (TPSA) is 21.3 Å². The number of hydrogen-bond donors (Lipinski definition) is 0. The highest BCUT2D eigenvalue weighted by molar-refractivity contribution is 6.23. The Bertz CT molecular complexity index is 3440. The summed E-state index contributed by atoms with van der Waals surface area (Å²) in [6.07, 6.45) is 0. The van der Waals surface area contributed by atoms with Crippen molar-refractivity contribution in [1.82, 2.24) is 4.57 Å². The summed E-state index contributed by atoms with van der Waals surface area (Å²) >= 11 is 0. The lowest BCUT2D eigenvalue weighted by molar-refractivity contribution is 0.673. The van der Waals surface area contributed by atoms with Crippen LogP contribution in [0.4, 0.5) is 17.1 Å². The zero-order valence-electron chi connectivity index (χ0n) is 29.8. The first-order chi connectivity index (χ1) is 27.3. The summed E-state index contributed by atoms with van der Waals surface area (Å²) in [5, 5.41) is 14.4. The molecule has 0 unspecified atom stereocenters. The quantitative estimate of drug-likeness (QED) is 0.170. The fourth-order valence-corrected chi connectivity index (χ4v) is 9.05. The van der Waals surface area contributed by atoms with E-state index in [2.05, 4.69) is 198 Å². The van der Waals surface area contributed by atoms with E-state index in [1.807, 2.05) is 6.07 Å². The highest BCUT2D eigenvalue weighted by Gasteiger charge is 2.20. The van der Waals surface area contributed by atoms with Crippen molar-refractivity contribution in [2.75, 3.05) is 4.90 Å². The SMILES string of the molecule is c1ccc2c(c1)cc(N(c1ccc(-n3c4ccccc4c4ccccc43)cc1)c1ccc3c(ccc4ccc5c6ccccc6oc5c43)c1)c1ccccc12. The number of para-hydroxylation sites is 3. The lowest BCUT2D eigenvalue weighted by Gasteiger charge is -2.28. The van der Waals surface area contributed by atoms with E-state index >= 15 is 0 Å². The summed E-state index contributed by atoms with van der Waals surface area (Å²) in [7, 11) is 0. The number of anilines is 3. The van der Waals surface area contributed by atoms with Gasteiger partial charge in [0.15, 0.2) is 0 Å². The van der Waals surface area contributed by atoms with Crippen molar-refractivity contribution in [2.24, 2.45) is 0 Å². The molecule has 2 heterocycles. The zero-order chi connectivity index (χ0) is 36.0. The van der Waals surface area contributed by atoms with Crippen LogP contribution in [0.5, 0.6) is 0 Å². The molecule has 10 aromatic carbocycles. The Labute approximate surface area is 316 Å². The summed E-state index contributed by atoms with van der Waals surface area (Å²) in [5.41, 5.74) is 8.71. The molecule has 0 saturated carbocycles. The Morgan fingerprint density at radius 1 is 0.364 bits per heavy atom. The molecule has 256 valence electrons. The highest BCUT2D eigenvalue weighted by atomic mass is 16.3. The number of aromatic nitrogens is 1. The summed E-state index contributed by atoms with van der Waals surface area (Å²) in [6.45, 7) is 0. The van der Waals surface area contributed by atoms with E-state index < -0.39 is 0 Å². The van der Waals surface area contributed by atoms with Crippen LogP contribution in [0.25, 0.3) is 92.5 Å². The Kier molecular flexibility index (Phi) is 6.34. The predicted molar refractivity (Wildman–Crippen MR) is 233 cm³/mol. The van der Waals surface area contributed by atoms with Crippen LogP contribution >= 0.6 is 0 Å². The van der Waals surface area contributed by atoms with Crippen LogP contribution in [0.1, 0.15) is 0 Å². The third-order valence-corrected chi connectivity index (χ3v) is 11.5. The number of benzene rings is 10. The number of hydrogen-bond acceptors (Lipinski definition) is 2. The second kappa shape index (κ2) is 11.6. The molecule has 0 radical (unpaired) electrons. The molecule has 0 bridgehead atoms. The number of furan rings is 1. The Balaban J connectivity index is 1.09. The van der Waals surface area contributed by atoms with E-state index in [0.29, 0.717) is 0 Å². The minimum absolute atomic E-state index is 0.914. The summed E-state index contributed by atoms with van der Waals surface area (Å²) in [5.74, 6) is 0. The van der Waals surface area contributed by atoms with Crippen LogP contribution in [0.15, 0.2) is 199 Å². The molecule has 0 atom stereocenters. The maximum Gasteiger partial charge on any atom is 0.143 e. The molecule has 0 N–H and O–H groups in total. The first kappa shape index (κ1) is 30.1. The van der Waals surface area contributed by atoms with Gasteiger partial charge in [-0.1, -0.05) is 127 Å². The molecule has 12 rings (SSSR count). The number of nitrogens with zero attached hydrogens (tertiary/aromatic N) is 2. The number of fused-ring (bicyclic) bond motifs is 13. The lowest BCUT2D eigenvalue weighted by atomic mass is 9.97. The molecular formula is C52H32N2O. The minimum atomic E-state index is 0.914. The van der Waals surface area contributed by atoms with Crippen LogP contribution in [0.3, 0.4) is 0 Å². The van der Waals surface area contributed by atoms with Gasteiger partial charge >= 0.3 is 0 Å². The highest BCUT2D eigenvalue weighted by Crippen LogP contribution is 2.45. The molecular weight excluding hydrogens is 669 g/mol. The van der Waals surface area contributed by atoms with E-state index in [1.165, 1.54) is 54.1 Å². The average molecular weight is 701 g/mol. The van der Waals surface area contributed by atoms with Gasteiger partial charge < -0.3 is 13.9 Å². The molecule has 12 aromatic rings. The standard InChI is InChI=1S/C52H32N2O/c1-2-12-39-34(11-1)32-49(42-14-4-3-13-41(39)42)53(36-24-26-37(27-25-36)54-47-18-8-5-15-43(47)44-16-6-9-19-48(44)54)38-28-30-40-35(31-38)22-21-33-23-29-46-45-17-7-10-20-50(45)55-52(46)51(33)40/h1-32H.